The van der Waals surface area contributed by atoms with E-state index in [0.717, 1.165) is 54.8 Å². The lowest BCUT2D eigenvalue weighted by Gasteiger charge is -2.30. The molecule has 0 amide bonds. The molecule has 160 valence electrons. The average molecular weight is 416 g/mol. The zero-order chi connectivity index (χ0) is 21.4. The van der Waals surface area contributed by atoms with Crippen molar-refractivity contribution in [3.05, 3.63) is 54.1 Å². The number of anilines is 1. The first-order valence-electron chi connectivity index (χ1n) is 11.0. The van der Waals surface area contributed by atoms with Crippen LogP contribution in [0.4, 0.5) is 5.82 Å². The van der Waals surface area contributed by atoms with E-state index >= 15 is 0 Å². The van der Waals surface area contributed by atoms with Crippen molar-refractivity contribution in [2.75, 3.05) is 45.6 Å². The van der Waals surface area contributed by atoms with Gasteiger partial charge in [0.15, 0.2) is 5.82 Å². The van der Waals surface area contributed by atoms with E-state index in [1.807, 2.05) is 24.3 Å². The number of aromatic hydroxyl groups is 1. The number of aromatic nitrogens is 2. The van der Waals surface area contributed by atoms with Gasteiger partial charge >= 0.3 is 0 Å². The Bertz CT molecular complexity index is 1140. The Morgan fingerprint density at radius 3 is 2.61 bits per heavy atom. The number of phenols is 1. The molecule has 6 nitrogen and oxygen atoms in total. The number of benzene rings is 2. The van der Waals surface area contributed by atoms with E-state index in [9.17, 15) is 5.11 Å². The minimum absolute atomic E-state index is 0.238. The molecule has 3 aromatic rings. The monoisotopic (exact) mass is 415 g/mol. The number of piperidine rings is 1. The molecule has 0 bridgehead atoms. The topological polar surface area (TPSA) is 64.5 Å². The van der Waals surface area contributed by atoms with Crippen molar-refractivity contribution in [3.63, 3.8) is 0 Å². The minimum Gasteiger partial charge on any atom is -0.507 e. The van der Waals surface area contributed by atoms with Crippen LogP contribution in [0.5, 0.6) is 5.75 Å². The van der Waals surface area contributed by atoms with Crippen LogP contribution in [0.3, 0.4) is 0 Å². The highest BCUT2D eigenvalue weighted by Crippen LogP contribution is 2.36. The highest BCUT2D eigenvalue weighted by Gasteiger charge is 2.20. The molecule has 2 aromatic carbocycles. The summed E-state index contributed by atoms with van der Waals surface area (Å²) in [5.41, 5.74) is 3.73. The number of likely N-dealkylation sites (N-methyl/N-ethyl adjacent to an activating group) is 2. The number of hydrogen-bond donors (Lipinski definition) is 2. The molecule has 0 saturated carbocycles. The largest absolute Gasteiger partial charge is 0.507 e. The lowest BCUT2D eigenvalue weighted by Crippen LogP contribution is -2.40. The van der Waals surface area contributed by atoms with Gasteiger partial charge in [0.25, 0.3) is 0 Å². The maximum atomic E-state index is 10.9. The van der Waals surface area contributed by atoms with Crippen molar-refractivity contribution in [3.8, 4) is 17.0 Å². The number of phenolic OH excluding ortho intramolecular Hbond substituents is 1. The van der Waals surface area contributed by atoms with Crippen LogP contribution in [0, 0.1) is 0 Å². The Balaban J connectivity index is 1.50. The number of hydrogen-bond acceptors (Lipinski definition) is 6. The third kappa shape index (κ3) is 4.01. The van der Waals surface area contributed by atoms with Gasteiger partial charge in [-0.2, -0.15) is 0 Å². The summed E-state index contributed by atoms with van der Waals surface area (Å²) >= 11 is 0. The van der Waals surface area contributed by atoms with Crippen LogP contribution in [0.2, 0.25) is 0 Å². The van der Waals surface area contributed by atoms with E-state index in [2.05, 4.69) is 63.7 Å². The molecule has 2 aliphatic heterocycles. The van der Waals surface area contributed by atoms with E-state index in [0.29, 0.717) is 17.3 Å². The zero-order valence-electron chi connectivity index (χ0n) is 18.2. The first kappa shape index (κ1) is 20.0. The molecule has 31 heavy (non-hydrogen) atoms. The molecule has 1 aromatic heterocycles. The first-order chi connectivity index (χ1) is 15.1. The Labute approximate surface area is 183 Å². The van der Waals surface area contributed by atoms with E-state index in [-0.39, 0.29) is 5.75 Å². The molecule has 0 aliphatic carbocycles. The van der Waals surface area contributed by atoms with Crippen LogP contribution in [0.25, 0.3) is 27.6 Å². The summed E-state index contributed by atoms with van der Waals surface area (Å²) in [6, 6.07) is 14.4. The SMILES string of the molecule is CN1CC=C(c2ccc(-c3nnc(N[C@@H]4CCCN(C)C4)c4ccccc34)c(O)c2)C1. The standard InChI is InChI=1S/C25H29N5O/c1-29-12-5-6-19(16-29)26-25-21-8-4-3-7-20(21)24(27-28-25)22-10-9-17(14-23(22)31)18-11-13-30(2)15-18/h3-4,7-11,14,19,31H,5-6,12-13,15-16H2,1-2H3,(H,26,28)/t19-/m1/s1. The maximum Gasteiger partial charge on any atom is 0.156 e. The van der Waals surface area contributed by atoms with Gasteiger partial charge in [0.1, 0.15) is 11.4 Å². The number of nitrogens with zero attached hydrogens (tertiary/aromatic N) is 4. The summed E-state index contributed by atoms with van der Waals surface area (Å²) in [6.45, 7) is 3.99. The van der Waals surface area contributed by atoms with Crippen molar-refractivity contribution in [2.45, 2.75) is 18.9 Å². The normalized spacial score (nSPS) is 20.2. The van der Waals surface area contributed by atoms with E-state index < -0.39 is 0 Å². The van der Waals surface area contributed by atoms with Crippen LogP contribution in [-0.2, 0) is 0 Å². The van der Waals surface area contributed by atoms with E-state index in [4.69, 9.17) is 0 Å². The van der Waals surface area contributed by atoms with Crippen LogP contribution in [0.15, 0.2) is 48.5 Å². The number of nitrogens with one attached hydrogen (secondary N) is 1. The molecule has 0 radical (unpaired) electrons. The fourth-order valence-corrected chi connectivity index (χ4v) is 4.71. The summed E-state index contributed by atoms with van der Waals surface area (Å²) in [6.07, 6.45) is 4.53. The summed E-state index contributed by atoms with van der Waals surface area (Å²) in [7, 11) is 4.26. The molecule has 1 atom stereocenters. The number of rotatable bonds is 4. The van der Waals surface area contributed by atoms with Crippen LogP contribution in [-0.4, -0.2) is 71.4 Å². The highest BCUT2D eigenvalue weighted by atomic mass is 16.3. The molecule has 1 saturated heterocycles. The smallest absolute Gasteiger partial charge is 0.156 e. The lowest BCUT2D eigenvalue weighted by atomic mass is 9.99. The molecule has 5 rings (SSSR count). The van der Waals surface area contributed by atoms with Gasteiger partial charge in [-0.3, -0.25) is 4.90 Å². The Morgan fingerprint density at radius 2 is 1.87 bits per heavy atom. The predicted octanol–water partition coefficient (Wildman–Crippen LogP) is 3.84. The van der Waals surface area contributed by atoms with Gasteiger partial charge in [-0.25, -0.2) is 0 Å². The summed E-state index contributed by atoms with van der Waals surface area (Å²) in [5.74, 6) is 1.05. The average Bonchev–Trinajstić information content (AvgIpc) is 3.21. The van der Waals surface area contributed by atoms with Crippen LogP contribution < -0.4 is 5.32 Å². The fraction of sp³-hybridized carbons (Fsp3) is 0.360. The third-order valence-corrected chi connectivity index (χ3v) is 6.37. The summed E-state index contributed by atoms with van der Waals surface area (Å²) in [5, 5.41) is 25.6. The summed E-state index contributed by atoms with van der Waals surface area (Å²) < 4.78 is 0. The first-order valence-corrected chi connectivity index (χ1v) is 11.0. The molecule has 0 unspecified atom stereocenters. The summed E-state index contributed by atoms with van der Waals surface area (Å²) in [4.78, 5) is 4.59. The molecular weight excluding hydrogens is 386 g/mol. The zero-order valence-corrected chi connectivity index (χ0v) is 18.2. The van der Waals surface area contributed by atoms with Gasteiger partial charge in [0.05, 0.1) is 0 Å². The van der Waals surface area contributed by atoms with Crippen LogP contribution in [0.1, 0.15) is 18.4 Å². The predicted molar refractivity (Wildman–Crippen MR) is 126 cm³/mol. The second-order valence-corrected chi connectivity index (χ2v) is 8.85. The Kier molecular flexibility index (Phi) is 5.34. The molecule has 6 heteroatoms. The van der Waals surface area contributed by atoms with Gasteiger partial charge in [-0.05, 0) is 56.8 Å². The van der Waals surface area contributed by atoms with E-state index in [1.165, 1.54) is 12.0 Å². The van der Waals surface area contributed by atoms with Crippen molar-refractivity contribution in [1.29, 1.82) is 0 Å². The molecule has 1 fully saturated rings. The molecule has 3 heterocycles. The van der Waals surface area contributed by atoms with Crippen molar-refractivity contribution < 1.29 is 5.11 Å². The highest BCUT2D eigenvalue weighted by molar-refractivity contribution is 6.01. The molecular formula is C25H29N5O. The van der Waals surface area contributed by atoms with E-state index in [1.54, 1.807) is 0 Å². The van der Waals surface area contributed by atoms with Crippen molar-refractivity contribution in [2.24, 2.45) is 0 Å². The molecule has 0 spiro atoms. The van der Waals surface area contributed by atoms with Gasteiger partial charge in [0, 0.05) is 42.0 Å². The quantitative estimate of drug-likeness (QED) is 0.675. The molecule has 2 N–H and O–H groups in total. The number of likely N-dealkylation sites (tertiary alicyclic amines) is 1. The Morgan fingerprint density at radius 1 is 1.03 bits per heavy atom. The second kappa shape index (κ2) is 8.29. The Hall–Kier alpha value is -2.96. The van der Waals surface area contributed by atoms with Gasteiger partial charge < -0.3 is 15.3 Å². The van der Waals surface area contributed by atoms with Gasteiger partial charge in [-0.1, -0.05) is 36.4 Å². The third-order valence-electron chi connectivity index (χ3n) is 6.37. The fourth-order valence-electron chi connectivity index (χ4n) is 4.71. The molecule has 2 aliphatic rings. The minimum atomic E-state index is 0.238. The lowest BCUT2D eigenvalue weighted by molar-refractivity contribution is 0.261. The van der Waals surface area contributed by atoms with Gasteiger partial charge in [-0.15, -0.1) is 10.2 Å². The van der Waals surface area contributed by atoms with Crippen molar-refractivity contribution >= 4 is 22.2 Å². The maximum absolute atomic E-state index is 10.9. The van der Waals surface area contributed by atoms with Crippen LogP contribution >= 0.6 is 0 Å². The second-order valence-electron chi connectivity index (χ2n) is 8.85. The number of fused-ring (bicyclic) bond motifs is 1. The van der Waals surface area contributed by atoms with Crippen molar-refractivity contribution in [1.82, 2.24) is 20.0 Å². The van der Waals surface area contributed by atoms with Gasteiger partial charge in [0.2, 0.25) is 0 Å².